The first-order valence-corrected chi connectivity index (χ1v) is 6.99. The summed E-state index contributed by atoms with van der Waals surface area (Å²) in [6.07, 6.45) is 0.151. The first kappa shape index (κ1) is 12.4. The smallest absolute Gasteiger partial charge is 0.159 e. The monoisotopic (exact) mass is 262 g/mol. The van der Waals surface area contributed by atoms with Gasteiger partial charge in [0.1, 0.15) is 0 Å². The van der Waals surface area contributed by atoms with E-state index in [9.17, 15) is 22.3 Å². The van der Waals surface area contributed by atoms with E-state index in [1.165, 1.54) is 6.07 Å². The van der Waals surface area contributed by atoms with E-state index in [2.05, 4.69) is 0 Å². The molecule has 0 radical (unpaired) electrons. The standard InChI is InChI=1S/C11H12F2O3S/c12-9-2-1-8(5-10(9)13)6-11(14)3-4-17(15,16)7-11/h1-2,5,14H,3-4,6-7H2. The lowest BCUT2D eigenvalue weighted by atomic mass is 9.94. The van der Waals surface area contributed by atoms with Crippen LogP contribution in [0.5, 0.6) is 0 Å². The molecule has 0 spiro atoms. The second-order valence-corrected chi connectivity index (χ2v) is 6.68. The molecule has 2 rings (SSSR count). The van der Waals surface area contributed by atoms with E-state index in [-0.39, 0.29) is 24.3 Å². The van der Waals surface area contributed by atoms with Gasteiger partial charge in [-0.3, -0.25) is 0 Å². The van der Waals surface area contributed by atoms with Crippen LogP contribution in [-0.2, 0) is 16.3 Å². The number of rotatable bonds is 2. The quantitative estimate of drug-likeness (QED) is 0.867. The van der Waals surface area contributed by atoms with Gasteiger partial charge >= 0.3 is 0 Å². The molecule has 1 unspecified atom stereocenters. The predicted octanol–water partition coefficient (Wildman–Crippen LogP) is 1.06. The number of hydrogen-bond acceptors (Lipinski definition) is 3. The van der Waals surface area contributed by atoms with Crippen LogP contribution in [0.25, 0.3) is 0 Å². The van der Waals surface area contributed by atoms with Crippen LogP contribution in [0, 0.1) is 11.6 Å². The van der Waals surface area contributed by atoms with Crippen molar-refractivity contribution in [1.29, 1.82) is 0 Å². The zero-order chi connectivity index (χ0) is 12.7. The molecule has 94 valence electrons. The van der Waals surface area contributed by atoms with Crippen molar-refractivity contribution < 1.29 is 22.3 Å². The zero-order valence-electron chi connectivity index (χ0n) is 8.99. The minimum absolute atomic E-state index is 0.0173. The Morgan fingerprint density at radius 2 is 2.00 bits per heavy atom. The summed E-state index contributed by atoms with van der Waals surface area (Å²) in [5.74, 6) is -2.33. The number of aliphatic hydroxyl groups is 1. The second-order valence-electron chi connectivity index (χ2n) is 4.49. The van der Waals surface area contributed by atoms with E-state index < -0.39 is 27.1 Å². The van der Waals surface area contributed by atoms with Gasteiger partial charge in [-0.15, -0.1) is 0 Å². The molecule has 0 aliphatic carbocycles. The molecule has 0 amide bonds. The minimum atomic E-state index is -3.21. The van der Waals surface area contributed by atoms with Crippen molar-refractivity contribution in [3.63, 3.8) is 0 Å². The highest BCUT2D eigenvalue weighted by atomic mass is 32.2. The van der Waals surface area contributed by atoms with Crippen LogP contribution < -0.4 is 0 Å². The van der Waals surface area contributed by atoms with Gasteiger partial charge in [0.25, 0.3) is 0 Å². The summed E-state index contributed by atoms with van der Waals surface area (Å²) in [5, 5.41) is 10.0. The Morgan fingerprint density at radius 1 is 1.29 bits per heavy atom. The summed E-state index contributed by atoms with van der Waals surface area (Å²) >= 11 is 0. The highest BCUT2D eigenvalue weighted by Gasteiger charge is 2.40. The molecule has 1 heterocycles. The fourth-order valence-electron chi connectivity index (χ4n) is 2.07. The fraction of sp³-hybridized carbons (Fsp3) is 0.455. The third-order valence-corrected chi connectivity index (χ3v) is 4.69. The molecule has 1 N–H and O–H groups in total. The molecule has 1 atom stereocenters. The van der Waals surface area contributed by atoms with Gasteiger partial charge in [0, 0.05) is 6.42 Å². The Bertz CT molecular complexity index is 542. The van der Waals surface area contributed by atoms with Gasteiger partial charge in [-0.25, -0.2) is 17.2 Å². The van der Waals surface area contributed by atoms with Crippen LogP contribution in [0.15, 0.2) is 18.2 Å². The lowest BCUT2D eigenvalue weighted by molar-refractivity contribution is 0.0681. The molecule has 1 aliphatic rings. The van der Waals surface area contributed by atoms with Crippen molar-refractivity contribution in [3.05, 3.63) is 35.4 Å². The SMILES string of the molecule is O=S1(=O)CCC(O)(Cc2ccc(F)c(F)c2)C1. The van der Waals surface area contributed by atoms with Crippen LogP contribution in [0.3, 0.4) is 0 Å². The molecular formula is C11H12F2O3S. The van der Waals surface area contributed by atoms with Crippen LogP contribution in [0.4, 0.5) is 8.78 Å². The van der Waals surface area contributed by atoms with Gasteiger partial charge in [-0.05, 0) is 24.1 Å². The summed E-state index contributed by atoms with van der Waals surface area (Å²) in [6.45, 7) is 0. The van der Waals surface area contributed by atoms with Crippen molar-refractivity contribution in [2.24, 2.45) is 0 Å². The molecule has 1 aliphatic heterocycles. The molecule has 1 aromatic carbocycles. The fourth-order valence-corrected chi connectivity index (χ4v) is 3.97. The molecule has 3 nitrogen and oxygen atoms in total. The van der Waals surface area contributed by atoms with Gasteiger partial charge < -0.3 is 5.11 Å². The van der Waals surface area contributed by atoms with E-state index in [0.717, 1.165) is 12.1 Å². The van der Waals surface area contributed by atoms with Crippen molar-refractivity contribution in [2.45, 2.75) is 18.4 Å². The Kier molecular flexibility index (Phi) is 2.95. The minimum Gasteiger partial charge on any atom is -0.388 e. The Balaban J connectivity index is 2.19. The third-order valence-electron chi connectivity index (χ3n) is 2.88. The summed E-state index contributed by atoms with van der Waals surface area (Å²) in [4.78, 5) is 0. The molecule has 1 aromatic rings. The number of halogens is 2. The summed E-state index contributed by atoms with van der Waals surface area (Å²) in [6, 6.07) is 3.30. The van der Waals surface area contributed by atoms with Gasteiger partial charge in [-0.2, -0.15) is 0 Å². The summed E-state index contributed by atoms with van der Waals surface area (Å²) in [7, 11) is -3.21. The molecule has 17 heavy (non-hydrogen) atoms. The highest BCUT2D eigenvalue weighted by molar-refractivity contribution is 7.91. The topological polar surface area (TPSA) is 54.4 Å². The third kappa shape index (κ3) is 2.81. The lowest BCUT2D eigenvalue weighted by Gasteiger charge is -2.20. The first-order valence-electron chi connectivity index (χ1n) is 5.16. The maximum absolute atomic E-state index is 13.0. The highest BCUT2D eigenvalue weighted by Crippen LogP contribution is 2.27. The van der Waals surface area contributed by atoms with Crippen molar-refractivity contribution >= 4 is 9.84 Å². The van der Waals surface area contributed by atoms with Crippen molar-refractivity contribution in [3.8, 4) is 0 Å². The maximum atomic E-state index is 13.0. The average Bonchev–Trinajstić information content (AvgIpc) is 2.47. The van der Waals surface area contributed by atoms with Crippen molar-refractivity contribution in [2.75, 3.05) is 11.5 Å². The number of sulfone groups is 1. The van der Waals surface area contributed by atoms with Crippen LogP contribution in [0.1, 0.15) is 12.0 Å². The van der Waals surface area contributed by atoms with Crippen LogP contribution in [0.2, 0.25) is 0 Å². The van der Waals surface area contributed by atoms with Crippen LogP contribution >= 0.6 is 0 Å². The van der Waals surface area contributed by atoms with Crippen molar-refractivity contribution in [1.82, 2.24) is 0 Å². The second kappa shape index (κ2) is 4.03. The lowest BCUT2D eigenvalue weighted by Crippen LogP contribution is -2.32. The van der Waals surface area contributed by atoms with E-state index in [1.54, 1.807) is 0 Å². The Hall–Kier alpha value is -1.01. The maximum Gasteiger partial charge on any atom is 0.159 e. The predicted molar refractivity (Wildman–Crippen MR) is 58.3 cm³/mol. The number of benzene rings is 1. The molecule has 6 heteroatoms. The Morgan fingerprint density at radius 3 is 2.53 bits per heavy atom. The normalized spacial score (nSPS) is 27.2. The largest absolute Gasteiger partial charge is 0.388 e. The zero-order valence-corrected chi connectivity index (χ0v) is 9.80. The van der Waals surface area contributed by atoms with Gasteiger partial charge in [0.2, 0.25) is 0 Å². The average molecular weight is 262 g/mol. The van der Waals surface area contributed by atoms with Crippen LogP contribution in [-0.4, -0.2) is 30.6 Å². The molecule has 1 saturated heterocycles. The van der Waals surface area contributed by atoms with E-state index in [1.807, 2.05) is 0 Å². The Labute approximate surface area is 98.0 Å². The summed E-state index contributed by atoms with van der Waals surface area (Å²) in [5.41, 5.74) is -0.966. The molecular weight excluding hydrogens is 250 g/mol. The molecule has 0 bridgehead atoms. The van der Waals surface area contributed by atoms with Gasteiger partial charge in [0.15, 0.2) is 21.5 Å². The van der Waals surface area contributed by atoms with Gasteiger partial charge in [-0.1, -0.05) is 6.07 Å². The molecule has 1 fully saturated rings. The summed E-state index contributed by atoms with van der Waals surface area (Å²) < 4.78 is 48.2. The van der Waals surface area contributed by atoms with E-state index in [4.69, 9.17) is 0 Å². The molecule has 0 saturated carbocycles. The van der Waals surface area contributed by atoms with E-state index in [0.29, 0.717) is 5.56 Å². The van der Waals surface area contributed by atoms with Gasteiger partial charge in [0.05, 0.1) is 17.1 Å². The number of hydrogen-bond donors (Lipinski definition) is 1. The molecule has 0 aromatic heterocycles. The van der Waals surface area contributed by atoms with E-state index >= 15 is 0 Å². The first-order chi connectivity index (χ1) is 7.80.